The molecule has 1 aliphatic heterocycles. The Balaban J connectivity index is 2.35. The van der Waals surface area contributed by atoms with Crippen LogP contribution in [0, 0.1) is 0 Å². The van der Waals surface area contributed by atoms with Crippen LogP contribution >= 0.6 is 0 Å². The minimum absolute atomic E-state index is 0.696. The number of methoxy groups -OCH3 is 1. The van der Waals surface area contributed by atoms with Crippen molar-refractivity contribution >= 4 is 19.4 Å². The molecule has 1 aromatic carbocycles. The number of hydrogen-bond acceptors (Lipinski definition) is 1. The molecule has 0 saturated carbocycles. The second kappa shape index (κ2) is 3.12. The third-order valence-electron chi connectivity index (χ3n) is 2.10. The van der Waals surface area contributed by atoms with Crippen LogP contribution in [-0.4, -0.2) is 22.1 Å². The maximum atomic E-state index is 5.18. The van der Waals surface area contributed by atoms with E-state index in [0.29, 0.717) is 15.0 Å². The van der Waals surface area contributed by atoms with Gasteiger partial charge < -0.3 is 0 Å². The van der Waals surface area contributed by atoms with Crippen molar-refractivity contribution in [1.82, 2.24) is 0 Å². The predicted octanol–water partition coefficient (Wildman–Crippen LogP) is 1.39. The molecular formula is C10H12OSe. The second-order valence-corrected chi connectivity index (χ2v) is 6.21. The van der Waals surface area contributed by atoms with Gasteiger partial charge in [0.2, 0.25) is 0 Å². The molecular weight excluding hydrogens is 215 g/mol. The summed E-state index contributed by atoms with van der Waals surface area (Å²) in [5.74, 6) is 0.999. The summed E-state index contributed by atoms with van der Waals surface area (Å²) < 4.78 is 6.75. The third-order valence-corrected chi connectivity index (χ3v) is 4.67. The first-order valence-electron chi connectivity index (χ1n) is 4.13. The van der Waals surface area contributed by atoms with Crippen molar-refractivity contribution in [2.24, 2.45) is 0 Å². The molecule has 1 aromatic rings. The van der Waals surface area contributed by atoms with E-state index in [0.717, 1.165) is 10.6 Å². The van der Waals surface area contributed by atoms with Crippen molar-refractivity contribution in [3.8, 4) is 5.75 Å². The Labute approximate surface area is 79.3 Å². The van der Waals surface area contributed by atoms with E-state index < -0.39 is 0 Å². The van der Waals surface area contributed by atoms with Crippen molar-refractivity contribution in [3.05, 3.63) is 23.8 Å². The normalized spacial score (nSPS) is 20.7. The van der Waals surface area contributed by atoms with Crippen molar-refractivity contribution in [1.29, 1.82) is 0 Å². The van der Waals surface area contributed by atoms with E-state index in [2.05, 4.69) is 25.1 Å². The summed E-state index contributed by atoms with van der Waals surface area (Å²) in [6.45, 7) is 2.33. The zero-order chi connectivity index (χ0) is 8.55. The predicted molar refractivity (Wildman–Crippen MR) is 51.5 cm³/mol. The number of fused-ring (bicyclic) bond motifs is 1. The average Bonchev–Trinajstić information content (AvgIpc) is 2.43. The molecule has 0 aromatic heterocycles. The zero-order valence-corrected chi connectivity index (χ0v) is 9.05. The molecule has 1 aliphatic rings. The van der Waals surface area contributed by atoms with Gasteiger partial charge >= 0.3 is 78.9 Å². The van der Waals surface area contributed by atoms with Gasteiger partial charge in [-0.15, -0.1) is 0 Å². The summed E-state index contributed by atoms with van der Waals surface area (Å²) >= 11 is 0.696. The topological polar surface area (TPSA) is 9.23 Å². The number of ether oxygens (including phenoxy) is 1. The average molecular weight is 227 g/mol. The van der Waals surface area contributed by atoms with Crippen LogP contribution in [0.3, 0.4) is 0 Å². The van der Waals surface area contributed by atoms with Gasteiger partial charge in [-0.05, 0) is 0 Å². The Morgan fingerprint density at radius 1 is 1.50 bits per heavy atom. The summed E-state index contributed by atoms with van der Waals surface area (Å²) in [5.41, 5.74) is 1.50. The van der Waals surface area contributed by atoms with Crippen molar-refractivity contribution in [2.75, 3.05) is 7.11 Å². The number of benzene rings is 1. The summed E-state index contributed by atoms with van der Waals surface area (Å²) in [7, 11) is 1.73. The van der Waals surface area contributed by atoms with Gasteiger partial charge in [-0.2, -0.15) is 0 Å². The SMILES string of the molecule is COc1ccc2c(c1)CC(C)[Se]2. The summed E-state index contributed by atoms with van der Waals surface area (Å²) in [4.78, 5) is 0.875. The van der Waals surface area contributed by atoms with Gasteiger partial charge in [-0.1, -0.05) is 0 Å². The quantitative estimate of drug-likeness (QED) is 0.659. The van der Waals surface area contributed by atoms with Gasteiger partial charge in [0.25, 0.3) is 0 Å². The molecule has 0 aliphatic carbocycles. The molecule has 2 heteroatoms. The van der Waals surface area contributed by atoms with Gasteiger partial charge in [-0.25, -0.2) is 0 Å². The van der Waals surface area contributed by atoms with E-state index in [-0.39, 0.29) is 0 Å². The molecule has 0 radical (unpaired) electrons. The van der Waals surface area contributed by atoms with Crippen molar-refractivity contribution < 1.29 is 4.74 Å². The molecule has 1 heterocycles. The Morgan fingerprint density at radius 3 is 3.08 bits per heavy atom. The Morgan fingerprint density at radius 2 is 2.33 bits per heavy atom. The van der Waals surface area contributed by atoms with Gasteiger partial charge in [-0.3, -0.25) is 0 Å². The fourth-order valence-electron chi connectivity index (χ4n) is 1.53. The summed E-state index contributed by atoms with van der Waals surface area (Å²) in [5, 5.41) is 0. The molecule has 12 heavy (non-hydrogen) atoms. The van der Waals surface area contributed by atoms with Crippen LogP contribution in [-0.2, 0) is 6.42 Å². The van der Waals surface area contributed by atoms with Crippen LogP contribution in [0.5, 0.6) is 5.75 Å². The Hall–Kier alpha value is -0.461. The van der Waals surface area contributed by atoms with Gasteiger partial charge in [0.15, 0.2) is 0 Å². The van der Waals surface area contributed by atoms with Crippen LogP contribution in [0.2, 0.25) is 4.82 Å². The van der Waals surface area contributed by atoms with E-state index in [1.165, 1.54) is 12.0 Å². The molecule has 64 valence electrons. The molecule has 2 rings (SSSR count). The molecule has 0 N–H and O–H groups in total. The van der Waals surface area contributed by atoms with Gasteiger partial charge in [0, 0.05) is 0 Å². The molecule has 0 spiro atoms. The maximum absolute atomic E-state index is 5.18. The zero-order valence-electron chi connectivity index (χ0n) is 7.33. The first-order chi connectivity index (χ1) is 5.79. The summed E-state index contributed by atoms with van der Waals surface area (Å²) in [6.07, 6.45) is 1.24. The Bertz CT molecular complexity index is 296. The summed E-state index contributed by atoms with van der Waals surface area (Å²) in [6, 6.07) is 6.47. The van der Waals surface area contributed by atoms with Crippen LogP contribution in [0.15, 0.2) is 18.2 Å². The second-order valence-electron chi connectivity index (χ2n) is 3.11. The van der Waals surface area contributed by atoms with Crippen LogP contribution in [0.25, 0.3) is 0 Å². The molecule has 1 unspecified atom stereocenters. The molecule has 1 nitrogen and oxygen atoms in total. The number of hydrogen-bond donors (Lipinski definition) is 0. The van der Waals surface area contributed by atoms with Crippen molar-refractivity contribution in [2.45, 2.75) is 18.2 Å². The fraction of sp³-hybridized carbons (Fsp3) is 0.400. The van der Waals surface area contributed by atoms with Crippen LogP contribution in [0.4, 0.5) is 0 Å². The Kier molecular flexibility index (Phi) is 2.12. The number of rotatable bonds is 1. The van der Waals surface area contributed by atoms with Gasteiger partial charge in [0.1, 0.15) is 0 Å². The molecule has 0 bridgehead atoms. The minimum atomic E-state index is 0.696. The standard InChI is InChI=1S/C10H12OSe/c1-7-5-8-6-9(11-2)3-4-10(8)12-7/h3-4,6-7H,5H2,1-2H3. The first kappa shape index (κ1) is 8.15. The van der Waals surface area contributed by atoms with Gasteiger partial charge in [0.05, 0.1) is 0 Å². The van der Waals surface area contributed by atoms with Crippen LogP contribution in [0.1, 0.15) is 12.5 Å². The van der Waals surface area contributed by atoms with E-state index in [9.17, 15) is 0 Å². The monoisotopic (exact) mass is 228 g/mol. The van der Waals surface area contributed by atoms with E-state index in [1.807, 2.05) is 0 Å². The first-order valence-corrected chi connectivity index (χ1v) is 5.97. The van der Waals surface area contributed by atoms with E-state index in [4.69, 9.17) is 4.74 Å². The molecule has 0 amide bonds. The van der Waals surface area contributed by atoms with Crippen LogP contribution < -0.4 is 9.20 Å². The third kappa shape index (κ3) is 1.37. The van der Waals surface area contributed by atoms with E-state index in [1.54, 1.807) is 11.6 Å². The fourth-order valence-corrected chi connectivity index (χ4v) is 3.91. The van der Waals surface area contributed by atoms with E-state index >= 15 is 0 Å². The van der Waals surface area contributed by atoms with Crippen molar-refractivity contribution in [3.63, 3.8) is 0 Å². The molecule has 0 saturated heterocycles. The molecule has 0 fully saturated rings. The molecule has 1 atom stereocenters.